The van der Waals surface area contributed by atoms with Gasteiger partial charge in [-0.2, -0.15) is 0 Å². The van der Waals surface area contributed by atoms with E-state index in [0.717, 1.165) is 12.2 Å². The topological polar surface area (TPSA) is 34.1 Å². The third-order valence-electron chi connectivity index (χ3n) is 2.16. The molecule has 1 rings (SSSR count). The monoisotopic (exact) mass is 222 g/mol. The minimum atomic E-state index is 0.254. The van der Waals surface area contributed by atoms with Crippen molar-refractivity contribution >= 4 is 0 Å². The number of hydrogen-bond acceptors (Lipinski definition) is 3. The van der Waals surface area contributed by atoms with E-state index in [9.17, 15) is 0 Å². The number of nitrogens with one attached hydrogen (secondary N) is 1. The van der Waals surface area contributed by atoms with Gasteiger partial charge in [0.1, 0.15) is 0 Å². The molecule has 1 aromatic rings. The first-order valence-corrected chi connectivity index (χ1v) is 5.86. The van der Waals surface area contributed by atoms with Crippen molar-refractivity contribution in [3.05, 3.63) is 29.6 Å². The molecule has 0 aliphatic rings. The van der Waals surface area contributed by atoms with E-state index in [1.165, 1.54) is 5.56 Å². The zero-order chi connectivity index (χ0) is 12.0. The van der Waals surface area contributed by atoms with Crippen molar-refractivity contribution in [3.63, 3.8) is 0 Å². The van der Waals surface area contributed by atoms with Crippen LogP contribution in [0.2, 0.25) is 0 Å². The van der Waals surface area contributed by atoms with E-state index in [1.807, 2.05) is 26.1 Å². The molecule has 1 N–H and O–H groups in total. The van der Waals surface area contributed by atoms with Crippen LogP contribution in [0.25, 0.3) is 0 Å². The minimum Gasteiger partial charge on any atom is -0.373 e. The van der Waals surface area contributed by atoms with Gasteiger partial charge in [0.2, 0.25) is 0 Å². The fourth-order valence-electron chi connectivity index (χ4n) is 1.22. The summed E-state index contributed by atoms with van der Waals surface area (Å²) >= 11 is 0. The standard InChI is InChI=1S/C13H22N2O/c1-10(2)14-7-12-5-6-13(15-8-12)9-16-11(3)4/h5-6,8,10-11,14H,7,9H2,1-4H3. The first-order valence-electron chi connectivity index (χ1n) is 5.86. The maximum Gasteiger partial charge on any atom is 0.0891 e. The molecule has 3 nitrogen and oxygen atoms in total. The van der Waals surface area contributed by atoms with Crippen molar-refractivity contribution in [2.75, 3.05) is 0 Å². The Kier molecular flexibility index (Phi) is 5.43. The molecule has 0 atom stereocenters. The van der Waals surface area contributed by atoms with E-state index in [2.05, 4.69) is 30.2 Å². The first-order chi connectivity index (χ1) is 7.58. The third-order valence-corrected chi connectivity index (χ3v) is 2.16. The molecule has 0 saturated carbocycles. The highest BCUT2D eigenvalue weighted by molar-refractivity contribution is 5.13. The Morgan fingerprint density at radius 3 is 2.50 bits per heavy atom. The van der Waals surface area contributed by atoms with Gasteiger partial charge in [0.05, 0.1) is 18.4 Å². The summed E-state index contributed by atoms with van der Waals surface area (Å²) in [6, 6.07) is 4.63. The maximum absolute atomic E-state index is 5.49. The normalized spacial score (nSPS) is 11.4. The third kappa shape index (κ3) is 5.24. The van der Waals surface area contributed by atoms with Crippen LogP contribution in [0, 0.1) is 0 Å². The van der Waals surface area contributed by atoms with E-state index in [0.29, 0.717) is 12.6 Å². The van der Waals surface area contributed by atoms with Gasteiger partial charge >= 0.3 is 0 Å². The second kappa shape index (κ2) is 6.61. The average molecular weight is 222 g/mol. The van der Waals surface area contributed by atoms with Crippen LogP contribution >= 0.6 is 0 Å². The van der Waals surface area contributed by atoms with Crippen LogP contribution in [0.5, 0.6) is 0 Å². The summed E-state index contributed by atoms with van der Waals surface area (Å²) in [5, 5.41) is 3.36. The quantitative estimate of drug-likeness (QED) is 0.803. The lowest BCUT2D eigenvalue weighted by Crippen LogP contribution is -2.21. The largest absolute Gasteiger partial charge is 0.373 e. The molecular formula is C13H22N2O. The molecule has 0 aromatic carbocycles. The SMILES string of the molecule is CC(C)NCc1ccc(COC(C)C)nc1. The Labute approximate surface area is 98.2 Å². The maximum atomic E-state index is 5.49. The molecule has 0 saturated heterocycles. The molecule has 90 valence electrons. The zero-order valence-corrected chi connectivity index (χ0v) is 10.7. The zero-order valence-electron chi connectivity index (χ0n) is 10.7. The molecule has 0 unspecified atom stereocenters. The summed E-state index contributed by atoms with van der Waals surface area (Å²) in [5.74, 6) is 0. The van der Waals surface area contributed by atoms with Gasteiger partial charge in [-0.3, -0.25) is 4.98 Å². The number of nitrogens with zero attached hydrogens (tertiary/aromatic N) is 1. The summed E-state index contributed by atoms with van der Waals surface area (Å²) in [7, 11) is 0. The fraction of sp³-hybridized carbons (Fsp3) is 0.615. The van der Waals surface area contributed by atoms with Crippen molar-refractivity contribution in [2.45, 2.75) is 53.0 Å². The molecule has 0 aliphatic carbocycles. The van der Waals surface area contributed by atoms with Crippen LogP contribution in [0.15, 0.2) is 18.3 Å². The van der Waals surface area contributed by atoms with E-state index >= 15 is 0 Å². The van der Waals surface area contributed by atoms with Gasteiger partial charge in [-0.1, -0.05) is 19.9 Å². The number of aromatic nitrogens is 1. The van der Waals surface area contributed by atoms with Crippen LogP contribution in [0.3, 0.4) is 0 Å². The molecule has 3 heteroatoms. The van der Waals surface area contributed by atoms with Crippen molar-refractivity contribution in [1.29, 1.82) is 0 Å². The molecule has 0 fully saturated rings. The van der Waals surface area contributed by atoms with Crippen molar-refractivity contribution in [3.8, 4) is 0 Å². The summed E-state index contributed by atoms with van der Waals surface area (Å²) in [5.41, 5.74) is 2.20. The minimum absolute atomic E-state index is 0.254. The van der Waals surface area contributed by atoms with Crippen LogP contribution in [0.4, 0.5) is 0 Å². The van der Waals surface area contributed by atoms with E-state index in [1.54, 1.807) is 0 Å². The van der Waals surface area contributed by atoms with E-state index in [4.69, 9.17) is 4.74 Å². The second-order valence-electron chi connectivity index (χ2n) is 4.55. The van der Waals surface area contributed by atoms with Gasteiger partial charge in [-0.15, -0.1) is 0 Å². The summed E-state index contributed by atoms with van der Waals surface area (Å²) < 4.78 is 5.49. The van der Waals surface area contributed by atoms with Gasteiger partial charge in [0.15, 0.2) is 0 Å². The molecule has 0 bridgehead atoms. The lowest BCUT2D eigenvalue weighted by atomic mass is 10.2. The van der Waals surface area contributed by atoms with E-state index in [-0.39, 0.29) is 6.10 Å². The van der Waals surface area contributed by atoms with Crippen LogP contribution in [0.1, 0.15) is 39.0 Å². The second-order valence-corrected chi connectivity index (χ2v) is 4.55. The Bertz CT molecular complexity index is 262. The van der Waals surface area contributed by atoms with Gasteiger partial charge in [-0.05, 0) is 25.5 Å². The molecule has 1 heterocycles. The Balaban J connectivity index is 2.41. The summed E-state index contributed by atoms with van der Waals surface area (Å²) in [6.45, 7) is 9.80. The molecular weight excluding hydrogens is 200 g/mol. The smallest absolute Gasteiger partial charge is 0.0891 e. The lowest BCUT2D eigenvalue weighted by molar-refractivity contribution is 0.0636. The molecule has 0 amide bonds. The number of rotatable bonds is 6. The van der Waals surface area contributed by atoms with Gasteiger partial charge < -0.3 is 10.1 Å². The highest BCUT2D eigenvalue weighted by Gasteiger charge is 1.99. The highest BCUT2D eigenvalue weighted by atomic mass is 16.5. The van der Waals surface area contributed by atoms with Gasteiger partial charge in [0, 0.05) is 18.8 Å². The number of ether oxygens (including phenoxy) is 1. The summed E-state index contributed by atoms with van der Waals surface area (Å²) in [4.78, 5) is 4.36. The highest BCUT2D eigenvalue weighted by Crippen LogP contribution is 2.03. The Morgan fingerprint density at radius 2 is 2.00 bits per heavy atom. The van der Waals surface area contributed by atoms with Gasteiger partial charge in [0.25, 0.3) is 0 Å². The van der Waals surface area contributed by atoms with Crippen molar-refractivity contribution in [1.82, 2.24) is 10.3 Å². The predicted molar refractivity (Wildman–Crippen MR) is 66.1 cm³/mol. The Hall–Kier alpha value is -0.930. The Morgan fingerprint density at radius 1 is 1.25 bits per heavy atom. The first kappa shape index (κ1) is 13.1. The van der Waals surface area contributed by atoms with Crippen LogP contribution < -0.4 is 5.32 Å². The molecule has 0 radical (unpaired) electrons. The average Bonchev–Trinajstić information content (AvgIpc) is 2.25. The molecule has 1 aromatic heterocycles. The van der Waals surface area contributed by atoms with Crippen LogP contribution in [-0.4, -0.2) is 17.1 Å². The van der Waals surface area contributed by atoms with E-state index < -0.39 is 0 Å². The van der Waals surface area contributed by atoms with Gasteiger partial charge in [-0.25, -0.2) is 0 Å². The van der Waals surface area contributed by atoms with Crippen molar-refractivity contribution < 1.29 is 4.74 Å². The predicted octanol–water partition coefficient (Wildman–Crippen LogP) is 2.50. The number of pyridine rings is 1. The molecule has 0 aliphatic heterocycles. The number of hydrogen-bond donors (Lipinski definition) is 1. The molecule has 16 heavy (non-hydrogen) atoms. The fourth-order valence-corrected chi connectivity index (χ4v) is 1.22. The lowest BCUT2D eigenvalue weighted by Gasteiger charge is -2.09. The van der Waals surface area contributed by atoms with Crippen molar-refractivity contribution in [2.24, 2.45) is 0 Å². The summed E-state index contributed by atoms with van der Waals surface area (Å²) in [6.07, 6.45) is 2.16. The van der Waals surface area contributed by atoms with Crippen LogP contribution in [-0.2, 0) is 17.9 Å². The molecule has 0 spiro atoms.